The van der Waals surface area contributed by atoms with E-state index in [9.17, 15) is 9.59 Å². The van der Waals surface area contributed by atoms with E-state index in [1.807, 2.05) is 66.2 Å². The van der Waals surface area contributed by atoms with E-state index >= 15 is 0 Å². The maximum absolute atomic E-state index is 13.1. The van der Waals surface area contributed by atoms with Crippen LogP contribution in [-0.2, 0) is 23.2 Å². The van der Waals surface area contributed by atoms with Crippen molar-refractivity contribution in [3.05, 3.63) is 66.0 Å². The summed E-state index contributed by atoms with van der Waals surface area (Å²) in [6.07, 6.45) is 0.256. The van der Waals surface area contributed by atoms with Crippen molar-refractivity contribution in [3.8, 4) is 0 Å². The maximum Gasteiger partial charge on any atom is 0.226 e. The molecule has 0 bridgehead atoms. The van der Waals surface area contributed by atoms with Gasteiger partial charge in [0.2, 0.25) is 11.8 Å². The second-order valence-corrected chi connectivity index (χ2v) is 8.41. The summed E-state index contributed by atoms with van der Waals surface area (Å²) in [5.41, 5.74) is 3.03. The molecule has 0 saturated carbocycles. The van der Waals surface area contributed by atoms with Crippen molar-refractivity contribution < 1.29 is 9.59 Å². The van der Waals surface area contributed by atoms with E-state index in [2.05, 4.69) is 19.2 Å². The van der Waals surface area contributed by atoms with Crippen LogP contribution < -0.4 is 5.32 Å². The molecule has 6 nitrogen and oxygen atoms in total. The molecule has 2 aromatic carbocycles. The predicted octanol–water partition coefficient (Wildman–Crippen LogP) is 3.44. The van der Waals surface area contributed by atoms with Crippen LogP contribution in [0.15, 0.2) is 54.6 Å². The molecule has 30 heavy (non-hydrogen) atoms. The van der Waals surface area contributed by atoms with Crippen molar-refractivity contribution >= 4 is 22.8 Å². The fraction of sp³-hybridized carbons (Fsp3) is 0.375. The zero-order valence-electron chi connectivity index (χ0n) is 17.7. The van der Waals surface area contributed by atoms with Crippen molar-refractivity contribution in [1.82, 2.24) is 19.8 Å². The Bertz CT molecular complexity index is 1060. The first-order valence-corrected chi connectivity index (χ1v) is 10.5. The molecule has 1 fully saturated rings. The van der Waals surface area contributed by atoms with Crippen LogP contribution in [0.2, 0.25) is 0 Å². The van der Waals surface area contributed by atoms with Crippen LogP contribution in [0.3, 0.4) is 0 Å². The Morgan fingerprint density at radius 3 is 2.53 bits per heavy atom. The van der Waals surface area contributed by atoms with Crippen LogP contribution >= 0.6 is 0 Å². The summed E-state index contributed by atoms with van der Waals surface area (Å²) in [6.45, 7) is 5.15. The minimum atomic E-state index is -0.336. The first-order valence-electron chi connectivity index (χ1n) is 10.5. The lowest BCUT2D eigenvalue weighted by atomic mass is 10.0. The first kappa shape index (κ1) is 20.1. The number of amides is 2. The predicted molar refractivity (Wildman–Crippen MR) is 116 cm³/mol. The third-order valence-electron chi connectivity index (χ3n) is 5.87. The lowest BCUT2D eigenvalue weighted by Crippen LogP contribution is -2.38. The van der Waals surface area contributed by atoms with Crippen LogP contribution in [0.4, 0.5) is 0 Å². The highest BCUT2D eigenvalue weighted by Gasteiger charge is 2.36. The van der Waals surface area contributed by atoms with Gasteiger partial charge >= 0.3 is 0 Å². The van der Waals surface area contributed by atoms with Crippen molar-refractivity contribution in [3.63, 3.8) is 0 Å². The molecule has 1 aliphatic rings. The minimum Gasteiger partial charge on any atom is -0.346 e. The highest BCUT2D eigenvalue weighted by atomic mass is 16.2. The number of nitrogens with zero attached hydrogens (tertiary/aromatic N) is 3. The zero-order chi connectivity index (χ0) is 21.3. The van der Waals surface area contributed by atoms with E-state index in [1.165, 1.54) is 0 Å². The maximum atomic E-state index is 13.1. The molecule has 1 saturated heterocycles. The Hall–Kier alpha value is -3.15. The van der Waals surface area contributed by atoms with Gasteiger partial charge in [-0.15, -0.1) is 0 Å². The van der Waals surface area contributed by atoms with Crippen LogP contribution in [0.25, 0.3) is 11.0 Å². The van der Waals surface area contributed by atoms with Gasteiger partial charge in [-0.3, -0.25) is 9.59 Å². The number of imidazole rings is 1. The number of benzene rings is 2. The molecule has 0 radical (unpaired) electrons. The molecular weight excluding hydrogens is 376 g/mol. The van der Waals surface area contributed by atoms with Gasteiger partial charge in [-0.1, -0.05) is 56.3 Å². The number of fused-ring (bicyclic) bond motifs is 1. The fourth-order valence-electron chi connectivity index (χ4n) is 4.15. The van der Waals surface area contributed by atoms with Gasteiger partial charge in [0.15, 0.2) is 0 Å². The van der Waals surface area contributed by atoms with Gasteiger partial charge < -0.3 is 14.8 Å². The Kier molecular flexibility index (Phi) is 5.57. The Labute approximate surface area is 176 Å². The van der Waals surface area contributed by atoms with Gasteiger partial charge in [0, 0.05) is 26.6 Å². The van der Waals surface area contributed by atoms with Gasteiger partial charge in [0.1, 0.15) is 5.82 Å². The molecule has 1 N–H and O–H groups in total. The number of carbonyl (C=O) groups excluding carboxylic acids is 2. The number of nitrogens with one attached hydrogen (secondary N) is 1. The molecule has 2 atom stereocenters. The van der Waals surface area contributed by atoms with Crippen LogP contribution in [0.5, 0.6) is 0 Å². The number of rotatable bonds is 6. The Morgan fingerprint density at radius 1 is 1.13 bits per heavy atom. The van der Waals surface area contributed by atoms with E-state index in [1.54, 1.807) is 4.90 Å². The normalized spacial score (nSPS) is 17.7. The van der Waals surface area contributed by atoms with Gasteiger partial charge in [-0.05, 0) is 23.6 Å². The zero-order valence-corrected chi connectivity index (χ0v) is 17.7. The molecule has 1 aromatic heterocycles. The molecule has 4 rings (SSSR count). The first-order chi connectivity index (χ1) is 14.4. The summed E-state index contributed by atoms with van der Waals surface area (Å²) < 4.78 is 2.04. The summed E-state index contributed by atoms with van der Waals surface area (Å²) in [4.78, 5) is 32.1. The third-order valence-corrected chi connectivity index (χ3v) is 5.87. The lowest BCUT2D eigenvalue weighted by Gasteiger charge is -2.24. The second kappa shape index (κ2) is 8.30. The molecule has 156 valence electrons. The molecule has 1 unspecified atom stereocenters. The van der Waals surface area contributed by atoms with Crippen molar-refractivity contribution in [1.29, 1.82) is 0 Å². The van der Waals surface area contributed by atoms with E-state index in [0.717, 1.165) is 22.4 Å². The summed E-state index contributed by atoms with van der Waals surface area (Å²) in [7, 11) is 1.98. The average molecular weight is 405 g/mol. The smallest absolute Gasteiger partial charge is 0.226 e. The second-order valence-electron chi connectivity index (χ2n) is 8.41. The minimum absolute atomic E-state index is 0.0304. The van der Waals surface area contributed by atoms with E-state index in [4.69, 9.17) is 4.98 Å². The van der Waals surface area contributed by atoms with Gasteiger partial charge in [-0.25, -0.2) is 4.98 Å². The number of carbonyl (C=O) groups is 2. The number of likely N-dealkylation sites (tertiary alicyclic amines) is 1. The van der Waals surface area contributed by atoms with Crippen LogP contribution in [0.1, 0.15) is 37.7 Å². The standard InChI is InChI=1S/C24H28N4O2/c1-16(2)22(23-25-19-11-7-8-12-20(19)27(23)3)26-24(30)18-13-21(29)28(15-18)14-17-9-5-4-6-10-17/h4-12,16,18,22H,13-15H2,1-3H3,(H,26,30)/t18?,22-/m0/s1. The van der Waals surface area contributed by atoms with E-state index in [0.29, 0.717) is 13.1 Å². The molecule has 0 aliphatic carbocycles. The number of hydrogen-bond acceptors (Lipinski definition) is 3. The summed E-state index contributed by atoms with van der Waals surface area (Å²) >= 11 is 0. The van der Waals surface area contributed by atoms with Gasteiger partial charge in [0.25, 0.3) is 0 Å². The third kappa shape index (κ3) is 3.95. The van der Waals surface area contributed by atoms with E-state index in [-0.39, 0.29) is 36.1 Å². The van der Waals surface area contributed by atoms with Gasteiger partial charge in [0.05, 0.1) is 23.0 Å². The highest BCUT2D eigenvalue weighted by molar-refractivity contribution is 5.89. The SMILES string of the molecule is CC(C)[C@H](NC(=O)C1CC(=O)N(Cc2ccccc2)C1)c1nc2ccccc2n1C. The Morgan fingerprint density at radius 2 is 1.83 bits per heavy atom. The van der Waals surface area contributed by atoms with Crippen molar-refractivity contribution in [2.45, 2.75) is 32.9 Å². The molecule has 2 amide bonds. The van der Waals surface area contributed by atoms with Gasteiger partial charge in [-0.2, -0.15) is 0 Å². The summed E-state index contributed by atoms with van der Waals surface area (Å²) in [5.74, 6) is 0.622. The molecule has 2 heterocycles. The average Bonchev–Trinajstić information content (AvgIpc) is 3.27. The molecule has 3 aromatic rings. The van der Waals surface area contributed by atoms with E-state index < -0.39 is 0 Å². The van der Waals surface area contributed by atoms with Crippen LogP contribution in [0, 0.1) is 11.8 Å². The summed E-state index contributed by atoms with van der Waals surface area (Å²) in [5, 5.41) is 3.18. The monoisotopic (exact) mass is 404 g/mol. The number of para-hydroxylation sites is 2. The molecule has 6 heteroatoms. The van der Waals surface area contributed by atoms with Crippen molar-refractivity contribution in [2.75, 3.05) is 6.54 Å². The Balaban J connectivity index is 1.48. The lowest BCUT2D eigenvalue weighted by molar-refractivity contribution is -0.129. The number of aromatic nitrogens is 2. The molecule has 0 spiro atoms. The number of hydrogen-bond donors (Lipinski definition) is 1. The molecular formula is C24H28N4O2. The number of aryl methyl sites for hydroxylation is 1. The topological polar surface area (TPSA) is 67.2 Å². The molecule has 1 aliphatic heterocycles. The van der Waals surface area contributed by atoms with Crippen LogP contribution in [-0.4, -0.2) is 32.8 Å². The largest absolute Gasteiger partial charge is 0.346 e. The van der Waals surface area contributed by atoms with Crippen molar-refractivity contribution in [2.24, 2.45) is 18.9 Å². The fourth-order valence-corrected chi connectivity index (χ4v) is 4.15. The summed E-state index contributed by atoms with van der Waals surface area (Å²) in [6, 6.07) is 17.6. The highest BCUT2D eigenvalue weighted by Crippen LogP contribution is 2.27. The quantitative estimate of drug-likeness (QED) is 0.684.